The Morgan fingerprint density at radius 1 is 1.21 bits per heavy atom. The number of primary amides is 1. The third-order valence-corrected chi connectivity index (χ3v) is 4.72. The van der Waals surface area contributed by atoms with E-state index in [-0.39, 0.29) is 5.91 Å². The number of carbonyl (C=O) groups is 1. The van der Waals surface area contributed by atoms with Crippen molar-refractivity contribution in [2.45, 2.75) is 18.1 Å². The second-order valence-corrected chi connectivity index (χ2v) is 6.58. The number of ether oxygens (including phenoxy) is 1. The molecule has 2 aromatic rings. The van der Waals surface area contributed by atoms with E-state index in [0.717, 1.165) is 24.2 Å². The maximum Gasteiger partial charge on any atom is 0.228 e. The molecule has 0 aliphatic carbocycles. The lowest BCUT2D eigenvalue weighted by Gasteiger charge is -2.28. The van der Waals surface area contributed by atoms with Gasteiger partial charge in [-0.05, 0) is 5.56 Å². The van der Waals surface area contributed by atoms with Gasteiger partial charge in [0, 0.05) is 25.3 Å². The van der Waals surface area contributed by atoms with Crippen molar-refractivity contribution in [1.82, 2.24) is 14.8 Å². The minimum atomic E-state index is -0.301. The van der Waals surface area contributed by atoms with Crippen LogP contribution in [0.3, 0.4) is 0 Å². The van der Waals surface area contributed by atoms with Crippen LogP contribution in [0.2, 0.25) is 0 Å². The first-order chi connectivity index (χ1) is 11.7. The molecule has 0 bridgehead atoms. The largest absolute Gasteiger partial charge is 0.378 e. The molecule has 7 nitrogen and oxygen atoms in total. The molecule has 1 amide bonds. The molecule has 0 radical (unpaired) electrons. The summed E-state index contributed by atoms with van der Waals surface area (Å²) in [5, 5.41) is 9.51. The SMILES string of the molecule is NC(=O)CCSc1nnc(N2CCOCC2)n1Cc1ccccc1. The van der Waals surface area contributed by atoms with Crippen LogP contribution in [0, 0.1) is 0 Å². The minimum Gasteiger partial charge on any atom is -0.378 e. The Kier molecular flexibility index (Phi) is 5.71. The first kappa shape index (κ1) is 16.8. The molecular formula is C16H21N5O2S. The zero-order valence-electron chi connectivity index (χ0n) is 13.4. The van der Waals surface area contributed by atoms with Gasteiger partial charge in [0.1, 0.15) is 0 Å². The third kappa shape index (κ3) is 4.27. The molecule has 1 aromatic heterocycles. The van der Waals surface area contributed by atoms with Crippen LogP contribution in [0.1, 0.15) is 12.0 Å². The zero-order valence-corrected chi connectivity index (χ0v) is 14.2. The highest BCUT2D eigenvalue weighted by molar-refractivity contribution is 7.99. The van der Waals surface area contributed by atoms with Crippen LogP contribution in [0.15, 0.2) is 35.5 Å². The molecule has 1 aliphatic heterocycles. The van der Waals surface area contributed by atoms with E-state index in [9.17, 15) is 4.79 Å². The van der Waals surface area contributed by atoms with Gasteiger partial charge in [-0.2, -0.15) is 0 Å². The number of carbonyl (C=O) groups excluding carboxylic acids is 1. The van der Waals surface area contributed by atoms with Crippen LogP contribution in [-0.2, 0) is 16.1 Å². The number of thioether (sulfide) groups is 1. The highest BCUT2D eigenvalue weighted by Crippen LogP contribution is 2.24. The number of morpholine rings is 1. The average molecular weight is 347 g/mol. The summed E-state index contributed by atoms with van der Waals surface area (Å²) in [4.78, 5) is 13.2. The van der Waals surface area contributed by atoms with E-state index in [4.69, 9.17) is 10.5 Å². The van der Waals surface area contributed by atoms with Crippen molar-refractivity contribution in [1.29, 1.82) is 0 Å². The molecule has 0 unspecified atom stereocenters. The molecule has 24 heavy (non-hydrogen) atoms. The van der Waals surface area contributed by atoms with Crippen LogP contribution in [0.4, 0.5) is 5.95 Å². The molecular weight excluding hydrogens is 326 g/mol. The summed E-state index contributed by atoms with van der Waals surface area (Å²) in [7, 11) is 0. The molecule has 1 aliphatic rings. The first-order valence-corrected chi connectivity index (χ1v) is 8.93. The number of nitrogens with two attached hydrogens (primary N) is 1. The van der Waals surface area contributed by atoms with Crippen molar-refractivity contribution in [2.75, 3.05) is 37.0 Å². The third-order valence-electron chi connectivity index (χ3n) is 3.75. The van der Waals surface area contributed by atoms with Crippen molar-refractivity contribution in [3.63, 3.8) is 0 Å². The molecule has 0 spiro atoms. The van der Waals surface area contributed by atoms with Gasteiger partial charge in [0.2, 0.25) is 11.9 Å². The summed E-state index contributed by atoms with van der Waals surface area (Å²) in [6, 6.07) is 10.2. The summed E-state index contributed by atoms with van der Waals surface area (Å²) in [5.74, 6) is 1.15. The van der Waals surface area contributed by atoms with E-state index < -0.39 is 0 Å². The summed E-state index contributed by atoms with van der Waals surface area (Å²) in [5.41, 5.74) is 6.41. The Labute approximate surface area is 145 Å². The number of rotatable bonds is 7. The van der Waals surface area contributed by atoms with Crippen LogP contribution in [-0.4, -0.2) is 52.7 Å². The highest BCUT2D eigenvalue weighted by Gasteiger charge is 2.20. The Bertz CT molecular complexity index is 670. The summed E-state index contributed by atoms with van der Waals surface area (Å²) in [6.07, 6.45) is 0.329. The van der Waals surface area contributed by atoms with E-state index in [0.29, 0.717) is 31.9 Å². The van der Waals surface area contributed by atoms with Gasteiger partial charge in [-0.1, -0.05) is 42.1 Å². The average Bonchev–Trinajstić information content (AvgIpc) is 2.99. The summed E-state index contributed by atoms with van der Waals surface area (Å²) in [6.45, 7) is 3.70. The number of hydrogen-bond acceptors (Lipinski definition) is 6. The van der Waals surface area contributed by atoms with Crippen LogP contribution >= 0.6 is 11.8 Å². The summed E-state index contributed by atoms with van der Waals surface area (Å²) < 4.78 is 7.53. The molecule has 3 rings (SSSR count). The Balaban J connectivity index is 1.82. The second kappa shape index (κ2) is 8.16. The van der Waals surface area contributed by atoms with E-state index in [1.165, 1.54) is 17.3 Å². The fraction of sp³-hybridized carbons (Fsp3) is 0.438. The second-order valence-electron chi connectivity index (χ2n) is 5.52. The van der Waals surface area contributed by atoms with E-state index in [1.807, 2.05) is 18.2 Å². The van der Waals surface area contributed by atoms with Crippen molar-refractivity contribution in [2.24, 2.45) is 5.73 Å². The summed E-state index contributed by atoms with van der Waals surface area (Å²) >= 11 is 1.51. The lowest BCUT2D eigenvalue weighted by Crippen LogP contribution is -2.38. The standard InChI is InChI=1S/C16H21N5O2S/c17-14(22)6-11-24-16-19-18-15(20-7-9-23-10-8-20)21(16)12-13-4-2-1-3-5-13/h1-5H,6-12H2,(H2,17,22). The van der Waals surface area contributed by atoms with Crippen molar-refractivity contribution >= 4 is 23.6 Å². The molecule has 1 aromatic carbocycles. The molecule has 0 atom stereocenters. The normalized spacial score (nSPS) is 14.8. The molecule has 2 heterocycles. The van der Waals surface area contributed by atoms with Gasteiger partial charge < -0.3 is 15.4 Å². The number of hydrogen-bond donors (Lipinski definition) is 1. The fourth-order valence-electron chi connectivity index (χ4n) is 2.53. The predicted octanol–water partition coefficient (Wildman–Crippen LogP) is 1.13. The maximum atomic E-state index is 11.0. The zero-order chi connectivity index (χ0) is 16.8. The monoisotopic (exact) mass is 347 g/mol. The van der Waals surface area contributed by atoms with Crippen LogP contribution < -0.4 is 10.6 Å². The van der Waals surface area contributed by atoms with Crippen molar-refractivity contribution in [3.8, 4) is 0 Å². The highest BCUT2D eigenvalue weighted by atomic mass is 32.2. The lowest BCUT2D eigenvalue weighted by atomic mass is 10.2. The molecule has 1 fully saturated rings. The number of anilines is 1. The Hall–Kier alpha value is -2.06. The Morgan fingerprint density at radius 2 is 1.96 bits per heavy atom. The molecule has 0 saturated carbocycles. The van der Waals surface area contributed by atoms with Gasteiger partial charge in [0.25, 0.3) is 0 Å². The van der Waals surface area contributed by atoms with Gasteiger partial charge >= 0.3 is 0 Å². The number of aromatic nitrogens is 3. The van der Waals surface area contributed by atoms with Gasteiger partial charge in [0.15, 0.2) is 5.16 Å². The topological polar surface area (TPSA) is 86.3 Å². The quantitative estimate of drug-likeness (QED) is 0.756. The van der Waals surface area contributed by atoms with Gasteiger partial charge in [-0.3, -0.25) is 9.36 Å². The molecule has 2 N–H and O–H groups in total. The minimum absolute atomic E-state index is 0.301. The lowest BCUT2D eigenvalue weighted by molar-refractivity contribution is -0.117. The van der Waals surface area contributed by atoms with E-state index in [1.54, 1.807) is 0 Å². The van der Waals surface area contributed by atoms with Gasteiger partial charge in [-0.25, -0.2) is 0 Å². The fourth-order valence-corrected chi connectivity index (χ4v) is 3.42. The number of nitrogens with zero attached hydrogens (tertiary/aromatic N) is 4. The molecule has 8 heteroatoms. The van der Waals surface area contributed by atoms with Gasteiger partial charge in [-0.15, -0.1) is 10.2 Å². The predicted molar refractivity (Wildman–Crippen MR) is 93.1 cm³/mol. The Morgan fingerprint density at radius 3 is 2.67 bits per heavy atom. The number of benzene rings is 1. The van der Waals surface area contributed by atoms with Crippen LogP contribution in [0.5, 0.6) is 0 Å². The van der Waals surface area contributed by atoms with Crippen molar-refractivity contribution in [3.05, 3.63) is 35.9 Å². The van der Waals surface area contributed by atoms with Gasteiger partial charge in [0.05, 0.1) is 19.8 Å². The van der Waals surface area contributed by atoms with Crippen LogP contribution in [0.25, 0.3) is 0 Å². The molecule has 1 saturated heterocycles. The maximum absolute atomic E-state index is 11.0. The van der Waals surface area contributed by atoms with Crippen molar-refractivity contribution < 1.29 is 9.53 Å². The van der Waals surface area contributed by atoms with E-state index >= 15 is 0 Å². The molecule has 128 valence electrons. The first-order valence-electron chi connectivity index (χ1n) is 7.95. The van der Waals surface area contributed by atoms with E-state index in [2.05, 4.69) is 31.8 Å². The smallest absolute Gasteiger partial charge is 0.228 e. The number of amides is 1.